The highest BCUT2D eigenvalue weighted by atomic mass is 127. The van der Waals surface area contributed by atoms with E-state index in [-0.39, 0.29) is 17.7 Å². The second kappa shape index (κ2) is 25.0. The number of halogens is 1. The molecule has 82 heavy (non-hydrogen) atoms. The van der Waals surface area contributed by atoms with Crippen LogP contribution < -0.4 is 0 Å². The highest BCUT2D eigenvalue weighted by Gasteiger charge is 2.32. The Balaban J connectivity index is 0.000000133. The molecule has 10 aromatic rings. The van der Waals surface area contributed by atoms with E-state index in [1.54, 1.807) is 14.0 Å². The van der Waals surface area contributed by atoms with E-state index < -0.39 is 0 Å². The van der Waals surface area contributed by atoms with Crippen molar-refractivity contribution in [1.29, 1.82) is 0 Å². The summed E-state index contributed by atoms with van der Waals surface area (Å²) in [5.41, 5.74) is 17.8. The summed E-state index contributed by atoms with van der Waals surface area (Å²) in [6, 6.07) is 41.0. The van der Waals surface area contributed by atoms with E-state index in [1.165, 1.54) is 0 Å². The van der Waals surface area contributed by atoms with Gasteiger partial charge in [-0.2, -0.15) is 15.3 Å². The Morgan fingerprint density at radius 2 is 0.915 bits per heavy atom. The molecule has 3 aliphatic rings. The number of benzene rings is 3. The number of pyridine rings is 3. The Bertz CT molecular complexity index is 4080. The van der Waals surface area contributed by atoms with Gasteiger partial charge in [0.2, 0.25) is 0 Å². The monoisotopic (exact) mass is 1200 g/mol. The molecule has 0 atom stereocenters. The molecule has 0 unspecified atom stereocenters. The maximum atomic E-state index is 13.1. The summed E-state index contributed by atoms with van der Waals surface area (Å²) in [7, 11) is 5.73. The topological polar surface area (TPSA) is 145 Å². The molecule has 0 saturated carbocycles. The van der Waals surface area contributed by atoms with Crippen molar-refractivity contribution in [3.05, 3.63) is 224 Å². The van der Waals surface area contributed by atoms with Gasteiger partial charge in [-0.05, 0) is 99.1 Å². The van der Waals surface area contributed by atoms with E-state index in [1.807, 2.05) is 118 Å². The number of aryl methyl sites for hydroxylation is 4. The normalized spacial score (nSPS) is 12.8. The zero-order chi connectivity index (χ0) is 57.4. The quantitative estimate of drug-likeness (QED) is 0.0789. The first-order chi connectivity index (χ1) is 39.7. The van der Waals surface area contributed by atoms with Crippen LogP contribution in [0.25, 0.3) is 38.9 Å². The van der Waals surface area contributed by atoms with Crippen molar-refractivity contribution in [3.63, 3.8) is 0 Å². The number of carbonyl (C=O) groups excluding carboxylic acids is 3. The Kier molecular flexibility index (Phi) is 17.0. The van der Waals surface area contributed by atoms with Crippen LogP contribution in [0.2, 0.25) is 0 Å². The van der Waals surface area contributed by atoms with Gasteiger partial charge in [0.25, 0.3) is 17.7 Å². The third-order valence-electron chi connectivity index (χ3n) is 14.3. The zero-order valence-corrected chi connectivity index (χ0v) is 48.9. The molecule has 16 heteroatoms. The molecule has 3 aliphatic heterocycles. The van der Waals surface area contributed by atoms with Crippen LogP contribution in [0.1, 0.15) is 103 Å². The summed E-state index contributed by atoms with van der Waals surface area (Å²) in [4.78, 5) is 52.7. The summed E-state index contributed by atoms with van der Waals surface area (Å²) in [5, 5.41) is 12.6. The summed E-state index contributed by atoms with van der Waals surface area (Å²) in [6.07, 6.45) is 17.9. The summed E-state index contributed by atoms with van der Waals surface area (Å²) in [5.74, 6) is 8.51. The maximum absolute atomic E-state index is 13.1. The van der Waals surface area contributed by atoms with Crippen molar-refractivity contribution in [2.75, 3.05) is 0 Å². The molecule has 410 valence electrons. The Morgan fingerprint density at radius 1 is 0.500 bits per heavy atom. The zero-order valence-electron chi connectivity index (χ0n) is 46.7. The molecule has 0 radical (unpaired) electrons. The molecule has 0 aliphatic carbocycles. The van der Waals surface area contributed by atoms with E-state index in [9.17, 15) is 14.4 Å². The predicted octanol–water partition coefficient (Wildman–Crippen LogP) is 11.5. The number of terminal acetylenes is 1. The van der Waals surface area contributed by atoms with E-state index in [2.05, 4.69) is 167 Å². The van der Waals surface area contributed by atoms with E-state index in [4.69, 9.17) is 6.42 Å². The van der Waals surface area contributed by atoms with Crippen LogP contribution in [0.15, 0.2) is 159 Å². The number of aromatic nitrogens is 9. The fourth-order valence-electron chi connectivity index (χ4n) is 10.0. The van der Waals surface area contributed by atoms with Gasteiger partial charge in [0, 0.05) is 136 Å². The van der Waals surface area contributed by atoms with Crippen LogP contribution >= 0.6 is 22.6 Å². The molecular weight excluding hydrogens is 1140 g/mol. The Labute approximate surface area is 491 Å². The number of rotatable bonds is 9. The first-order valence-electron chi connectivity index (χ1n) is 27.0. The number of amides is 3. The van der Waals surface area contributed by atoms with Crippen molar-refractivity contribution in [1.82, 2.24) is 58.4 Å². The largest absolute Gasteiger partial charge is 0.329 e. The van der Waals surface area contributed by atoms with Gasteiger partial charge in [0.15, 0.2) is 0 Å². The van der Waals surface area contributed by atoms with Crippen LogP contribution in [0, 0.1) is 34.8 Å². The summed E-state index contributed by atoms with van der Waals surface area (Å²) in [6.45, 7) is 9.63. The van der Waals surface area contributed by atoms with Gasteiger partial charge in [0.05, 0.1) is 18.6 Å². The van der Waals surface area contributed by atoms with Crippen molar-refractivity contribution in [3.8, 4) is 57.6 Å². The number of hydrogen-bond acceptors (Lipinski definition) is 8. The first kappa shape index (κ1) is 55.9. The average molecular weight is 1200 g/mol. The lowest BCUT2D eigenvalue weighted by Gasteiger charge is -2.16. The van der Waals surface area contributed by atoms with E-state index in [0.29, 0.717) is 56.4 Å². The van der Waals surface area contributed by atoms with Crippen molar-refractivity contribution < 1.29 is 14.4 Å². The van der Waals surface area contributed by atoms with Crippen molar-refractivity contribution in [2.45, 2.75) is 72.9 Å². The van der Waals surface area contributed by atoms with Crippen LogP contribution in [0.3, 0.4) is 0 Å². The Hall–Kier alpha value is -9.39. The van der Waals surface area contributed by atoms with Crippen molar-refractivity contribution >= 4 is 45.8 Å². The molecule has 15 nitrogen and oxygen atoms in total. The standard InChI is InChI=1S/2C22H20N4O.C18H15IN4O.C4H6/c1-15-3-9-20-10-8-18-14-25(22(27)21(18)26(15)20)12-16-4-6-17(7-5-16)19-11-23-24(2)13-19;1-3-4-5-20-11-10-18-15-26(22(27)21(18)24-20)13-16-6-8-17(9-7-16)19-12-23-25(2)14-19;1-22-10-15(8-20-22)13-4-2-12(3-5-13)9-23-11-14-6-7-16(19)21-17(14)18(23)24;1-3-4-2/h3-11,13H,12,14H2,1-2H3;6-12,14H,3,13,15H2,1-2H3;2-8,10H,9,11H2,1H3;1H,4H2,2H3. The Morgan fingerprint density at radius 3 is 1.35 bits per heavy atom. The lowest BCUT2D eigenvalue weighted by Crippen LogP contribution is -2.24. The molecule has 0 saturated heterocycles. The molecular formula is C66H61IN12O3. The predicted molar refractivity (Wildman–Crippen MR) is 326 cm³/mol. The average Bonchev–Trinajstić information content (AvgIpc) is 4.53. The third kappa shape index (κ3) is 12.6. The fourth-order valence-corrected chi connectivity index (χ4v) is 10.5. The molecule has 13 rings (SSSR count). The number of carbonyl (C=O) groups is 3. The van der Waals surface area contributed by atoms with Crippen LogP contribution in [0.4, 0.5) is 0 Å². The lowest BCUT2D eigenvalue weighted by molar-refractivity contribution is 0.0754. The number of nitrogens with zero attached hydrogens (tertiary/aromatic N) is 12. The van der Waals surface area contributed by atoms with Crippen LogP contribution in [0.5, 0.6) is 0 Å². The minimum absolute atomic E-state index is 0.0138. The van der Waals surface area contributed by atoms with Gasteiger partial charge >= 0.3 is 0 Å². The molecule has 3 aromatic carbocycles. The highest BCUT2D eigenvalue weighted by Crippen LogP contribution is 2.30. The van der Waals surface area contributed by atoms with Crippen LogP contribution in [-0.4, -0.2) is 76.1 Å². The fraction of sp³-hybridized carbons (Fsp3) is 0.212. The van der Waals surface area contributed by atoms with Gasteiger partial charge in [-0.1, -0.05) is 111 Å². The highest BCUT2D eigenvalue weighted by molar-refractivity contribution is 14.1. The molecule has 3 amide bonds. The van der Waals surface area contributed by atoms with Gasteiger partial charge in [-0.3, -0.25) is 28.4 Å². The minimum Gasteiger partial charge on any atom is -0.329 e. The summed E-state index contributed by atoms with van der Waals surface area (Å²) < 4.78 is 8.30. The molecule has 0 bridgehead atoms. The second-order valence-corrected chi connectivity index (χ2v) is 21.4. The lowest BCUT2D eigenvalue weighted by atomic mass is 10.1. The SMILES string of the molecule is C#CCC.CCC#Cc1ccc2c(n1)C(=O)N(Cc1ccc(-c3cnn(C)c3)cc1)C2.Cc1ccc2ccc3c(n12)C(=O)N(Cc1ccc(-c2cnn(C)c2)cc1)C3.Cn1cc(-c2ccc(CN3Cc4ccc(I)nc4C3=O)cc2)cn1. The molecule has 0 fully saturated rings. The van der Waals surface area contributed by atoms with Gasteiger partial charge in [-0.25, -0.2) is 9.97 Å². The minimum atomic E-state index is -0.0264. The van der Waals surface area contributed by atoms with Gasteiger partial charge < -0.3 is 19.1 Å². The number of hydrogen-bond donors (Lipinski definition) is 0. The first-order valence-corrected chi connectivity index (χ1v) is 28.1. The maximum Gasteiger partial charge on any atom is 0.273 e. The molecule has 0 spiro atoms. The van der Waals surface area contributed by atoms with Gasteiger partial charge in [0.1, 0.15) is 26.5 Å². The van der Waals surface area contributed by atoms with E-state index >= 15 is 0 Å². The smallest absolute Gasteiger partial charge is 0.273 e. The molecule has 7 aromatic heterocycles. The van der Waals surface area contributed by atoms with E-state index in [0.717, 1.165) is 100 Å². The summed E-state index contributed by atoms with van der Waals surface area (Å²) >= 11 is 2.14. The molecule has 0 N–H and O–H groups in total. The van der Waals surface area contributed by atoms with Crippen molar-refractivity contribution in [2.24, 2.45) is 21.1 Å². The molecule has 10 heterocycles. The van der Waals surface area contributed by atoms with Crippen LogP contribution in [-0.2, 0) is 60.4 Å². The second-order valence-electron chi connectivity index (χ2n) is 20.3. The van der Waals surface area contributed by atoms with Gasteiger partial charge in [-0.15, -0.1) is 12.3 Å². The number of fused-ring (bicyclic) bond motifs is 5. The third-order valence-corrected chi connectivity index (χ3v) is 14.9.